The lowest BCUT2D eigenvalue weighted by Gasteiger charge is -2.31. The van der Waals surface area contributed by atoms with E-state index in [4.69, 9.17) is 23.7 Å². The molecule has 5 rings (SSSR count). The summed E-state index contributed by atoms with van der Waals surface area (Å²) >= 11 is 0. The van der Waals surface area contributed by atoms with Crippen LogP contribution in [-0.4, -0.2) is 40.8 Å². The van der Waals surface area contributed by atoms with E-state index in [1.165, 1.54) is 0 Å². The second kappa shape index (κ2) is 11.2. The molecular weight excluding hydrogens is 496 g/mol. The van der Waals surface area contributed by atoms with Gasteiger partial charge in [-0.3, -0.25) is 4.79 Å². The van der Waals surface area contributed by atoms with Crippen LogP contribution < -0.4 is 34.3 Å². The van der Waals surface area contributed by atoms with Gasteiger partial charge in [0.05, 0.1) is 52.5 Å². The Labute approximate surface area is 228 Å². The van der Waals surface area contributed by atoms with Gasteiger partial charge in [0.1, 0.15) is 0 Å². The highest BCUT2D eigenvalue weighted by Crippen LogP contribution is 2.49. The Morgan fingerprint density at radius 2 is 1.51 bits per heavy atom. The molecule has 0 radical (unpaired) electrons. The largest absolute Gasteiger partial charge is 0.493 e. The highest BCUT2D eigenvalue weighted by molar-refractivity contribution is 6.01. The van der Waals surface area contributed by atoms with Crippen LogP contribution in [0, 0.1) is 0 Å². The van der Waals surface area contributed by atoms with Crippen LogP contribution in [0.25, 0.3) is 0 Å². The van der Waals surface area contributed by atoms with Crippen molar-refractivity contribution in [1.29, 1.82) is 0 Å². The van der Waals surface area contributed by atoms with Gasteiger partial charge < -0.3 is 34.3 Å². The van der Waals surface area contributed by atoms with Crippen molar-refractivity contribution >= 4 is 17.2 Å². The molecule has 3 aromatic carbocycles. The molecule has 204 valence electrons. The molecule has 8 nitrogen and oxygen atoms in total. The number of carbonyl (C=O) groups is 1. The number of allylic oxidation sites excluding steroid dienone is 1. The lowest BCUT2D eigenvalue weighted by Crippen LogP contribution is -2.27. The summed E-state index contributed by atoms with van der Waals surface area (Å²) in [4.78, 5) is 14.0. The summed E-state index contributed by atoms with van der Waals surface area (Å²) in [5, 5.41) is 7.19. The van der Waals surface area contributed by atoms with Gasteiger partial charge >= 0.3 is 0 Å². The van der Waals surface area contributed by atoms with Crippen molar-refractivity contribution in [3.05, 3.63) is 77.0 Å². The summed E-state index contributed by atoms with van der Waals surface area (Å²) in [6.45, 7) is 2.49. The molecular formula is C31H34N2O6. The number of rotatable bonds is 8. The first-order valence-corrected chi connectivity index (χ1v) is 13.0. The van der Waals surface area contributed by atoms with E-state index in [0.29, 0.717) is 53.8 Å². The summed E-state index contributed by atoms with van der Waals surface area (Å²) < 4.78 is 28.3. The van der Waals surface area contributed by atoms with Gasteiger partial charge in [0.15, 0.2) is 28.8 Å². The lowest BCUT2D eigenvalue weighted by atomic mass is 9.78. The average Bonchev–Trinajstić information content (AvgIpc) is 3.13. The normalized spacial score (nSPS) is 18.1. The van der Waals surface area contributed by atoms with Crippen LogP contribution in [0.3, 0.4) is 0 Å². The van der Waals surface area contributed by atoms with Gasteiger partial charge in [0, 0.05) is 23.3 Å². The topological polar surface area (TPSA) is 87.3 Å². The molecule has 2 atom stereocenters. The smallest absolute Gasteiger partial charge is 0.203 e. The molecule has 1 aliphatic carbocycles. The Bertz CT molecular complexity index is 1420. The maximum atomic E-state index is 14.0. The number of fused-ring (bicyclic) bond motifs is 1. The number of carbonyl (C=O) groups excluding carboxylic acids is 1. The standard InChI is InChI=1S/C31H34N2O6/c1-6-39-25-13-11-18(17-27(25)36-3)19-15-23-28(24(34)16-19)29(33-22-10-8-7-9-21(22)32-23)20-12-14-26(35-2)31(38-5)30(20)37-4/h7-14,17,19,29,32-33H,6,15-16H2,1-5H3/t19-,29+/m0/s1. The van der Waals surface area contributed by atoms with E-state index in [1.54, 1.807) is 28.4 Å². The predicted octanol–water partition coefficient (Wildman–Crippen LogP) is 6.10. The van der Waals surface area contributed by atoms with E-state index in [1.807, 2.05) is 61.5 Å². The molecule has 1 heterocycles. The average molecular weight is 531 g/mol. The highest BCUT2D eigenvalue weighted by Gasteiger charge is 2.38. The molecule has 3 aromatic rings. The quantitative estimate of drug-likeness (QED) is 0.361. The van der Waals surface area contributed by atoms with Crippen molar-refractivity contribution in [2.75, 3.05) is 45.7 Å². The maximum absolute atomic E-state index is 14.0. The van der Waals surface area contributed by atoms with Crippen molar-refractivity contribution in [3.63, 3.8) is 0 Å². The molecule has 2 N–H and O–H groups in total. The zero-order valence-electron chi connectivity index (χ0n) is 22.9. The summed E-state index contributed by atoms with van der Waals surface area (Å²) in [6, 6.07) is 17.2. The van der Waals surface area contributed by atoms with Gasteiger partial charge in [-0.05, 0) is 61.2 Å². The van der Waals surface area contributed by atoms with Crippen LogP contribution in [0.5, 0.6) is 28.7 Å². The fraction of sp³-hybridized carbons (Fsp3) is 0.323. The van der Waals surface area contributed by atoms with Crippen LogP contribution in [0.15, 0.2) is 65.9 Å². The van der Waals surface area contributed by atoms with E-state index in [9.17, 15) is 4.79 Å². The second-order valence-electron chi connectivity index (χ2n) is 9.44. The molecule has 8 heteroatoms. The van der Waals surface area contributed by atoms with Gasteiger partial charge in [-0.1, -0.05) is 18.2 Å². The molecule has 1 aliphatic heterocycles. The number of nitrogens with one attached hydrogen (secondary N) is 2. The minimum atomic E-state index is -0.464. The van der Waals surface area contributed by atoms with Crippen LogP contribution >= 0.6 is 0 Å². The van der Waals surface area contributed by atoms with Gasteiger partial charge in [-0.25, -0.2) is 0 Å². The van der Waals surface area contributed by atoms with E-state index < -0.39 is 6.04 Å². The fourth-order valence-electron chi connectivity index (χ4n) is 5.53. The van der Waals surface area contributed by atoms with Gasteiger partial charge in [-0.2, -0.15) is 0 Å². The zero-order valence-corrected chi connectivity index (χ0v) is 22.9. The van der Waals surface area contributed by atoms with Crippen LogP contribution in [0.2, 0.25) is 0 Å². The third-order valence-electron chi connectivity index (χ3n) is 7.31. The van der Waals surface area contributed by atoms with Gasteiger partial charge in [0.25, 0.3) is 0 Å². The van der Waals surface area contributed by atoms with Crippen molar-refractivity contribution in [2.24, 2.45) is 0 Å². The first-order valence-electron chi connectivity index (χ1n) is 13.0. The SMILES string of the molecule is CCOc1ccc([C@@H]2CC(=O)C3=C(C2)Nc2ccccc2N[C@@H]3c2ccc(OC)c(OC)c2OC)cc1OC. The Hall–Kier alpha value is -4.33. The monoisotopic (exact) mass is 530 g/mol. The number of ether oxygens (including phenoxy) is 5. The first kappa shape index (κ1) is 26.3. The number of benzene rings is 3. The van der Waals surface area contributed by atoms with Crippen molar-refractivity contribution < 1.29 is 28.5 Å². The number of para-hydroxylation sites is 2. The number of methoxy groups -OCH3 is 4. The molecule has 0 unspecified atom stereocenters. The highest BCUT2D eigenvalue weighted by atomic mass is 16.5. The van der Waals surface area contributed by atoms with Crippen molar-refractivity contribution in [2.45, 2.75) is 31.7 Å². The summed E-state index contributed by atoms with van der Waals surface area (Å²) in [7, 11) is 6.39. The summed E-state index contributed by atoms with van der Waals surface area (Å²) in [5.41, 5.74) is 5.18. The van der Waals surface area contributed by atoms with E-state index in [-0.39, 0.29) is 11.7 Å². The molecule has 0 aromatic heterocycles. The minimum absolute atomic E-state index is 0.0217. The van der Waals surface area contributed by atoms with Crippen molar-refractivity contribution in [3.8, 4) is 28.7 Å². The molecule has 0 amide bonds. The van der Waals surface area contributed by atoms with Gasteiger partial charge in [0.2, 0.25) is 5.75 Å². The Kier molecular flexibility index (Phi) is 7.54. The Morgan fingerprint density at radius 3 is 2.21 bits per heavy atom. The number of hydrogen-bond donors (Lipinski definition) is 2. The number of hydrogen-bond acceptors (Lipinski definition) is 8. The minimum Gasteiger partial charge on any atom is -0.493 e. The second-order valence-corrected chi connectivity index (χ2v) is 9.44. The molecule has 0 bridgehead atoms. The summed E-state index contributed by atoms with van der Waals surface area (Å²) in [5.74, 6) is 2.95. The Balaban J connectivity index is 1.62. The van der Waals surface area contributed by atoms with E-state index in [0.717, 1.165) is 28.2 Å². The predicted molar refractivity (Wildman–Crippen MR) is 151 cm³/mol. The van der Waals surface area contributed by atoms with Crippen LogP contribution in [-0.2, 0) is 4.79 Å². The number of Topliss-reactive ketones (excluding diaryl/α,β-unsaturated/α-hetero) is 1. The molecule has 0 fully saturated rings. The summed E-state index contributed by atoms with van der Waals surface area (Å²) in [6.07, 6.45) is 1.02. The number of anilines is 2. The number of ketones is 1. The van der Waals surface area contributed by atoms with E-state index >= 15 is 0 Å². The Morgan fingerprint density at radius 1 is 0.795 bits per heavy atom. The maximum Gasteiger partial charge on any atom is 0.203 e. The molecule has 0 spiro atoms. The third-order valence-corrected chi connectivity index (χ3v) is 7.31. The van der Waals surface area contributed by atoms with E-state index in [2.05, 4.69) is 10.6 Å². The fourth-order valence-corrected chi connectivity index (χ4v) is 5.53. The van der Waals surface area contributed by atoms with Crippen LogP contribution in [0.4, 0.5) is 11.4 Å². The third kappa shape index (κ3) is 4.82. The van der Waals surface area contributed by atoms with Crippen molar-refractivity contribution in [1.82, 2.24) is 0 Å². The first-order chi connectivity index (χ1) is 19.0. The zero-order chi connectivity index (χ0) is 27.5. The molecule has 0 saturated heterocycles. The van der Waals surface area contributed by atoms with Crippen LogP contribution in [0.1, 0.15) is 42.9 Å². The molecule has 39 heavy (non-hydrogen) atoms. The molecule has 2 aliphatic rings. The lowest BCUT2D eigenvalue weighted by molar-refractivity contribution is -0.116. The van der Waals surface area contributed by atoms with Gasteiger partial charge in [-0.15, -0.1) is 0 Å². The molecule has 0 saturated carbocycles.